The SMILES string of the molecule is N#Cc1ccc2nc(-c3ccc(F)c(F)c3F)[nH]c2c1. The summed E-state index contributed by atoms with van der Waals surface area (Å²) >= 11 is 0. The highest BCUT2D eigenvalue weighted by atomic mass is 19.2. The normalized spacial score (nSPS) is 10.7. The maximum Gasteiger partial charge on any atom is 0.195 e. The van der Waals surface area contributed by atoms with Crippen LogP contribution in [0.15, 0.2) is 30.3 Å². The van der Waals surface area contributed by atoms with Crippen molar-refractivity contribution in [2.45, 2.75) is 0 Å². The Hall–Kier alpha value is -2.81. The summed E-state index contributed by atoms with van der Waals surface area (Å²) in [6.07, 6.45) is 0. The predicted octanol–water partition coefficient (Wildman–Crippen LogP) is 3.52. The first-order chi connectivity index (χ1) is 9.60. The van der Waals surface area contributed by atoms with E-state index >= 15 is 0 Å². The highest BCUT2D eigenvalue weighted by Crippen LogP contribution is 2.26. The minimum absolute atomic E-state index is 0.0755. The van der Waals surface area contributed by atoms with Gasteiger partial charge in [0.25, 0.3) is 0 Å². The van der Waals surface area contributed by atoms with Gasteiger partial charge in [0.1, 0.15) is 5.82 Å². The van der Waals surface area contributed by atoms with Gasteiger partial charge >= 0.3 is 0 Å². The van der Waals surface area contributed by atoms with E-state index in [1.165, 1.54) is 0 Å². The molecule has 0 amide bonds. The largest absolute Gasteiger partial charge is 0.338 e. The Morgan fingerprint density at radius 2 is 1.85 bits per heavy atom. The summed E-state index contributed by atoms with van der Waals surface area (Å²) in [6, 6.07) is 8.61. The summed E-state index contributed by atoms with van der Waals surface area (Å²) < 4.78 is 39.8. The Morgan fingerprint density at radius 3 is 2.60 bits per heavy atom. The number of hydrogen-bond acceptors (Lipinski definition) is 2. The Morgan fingerprint density at radius 1 is 1.05 bits per heavy atom. The van der Waals surface area contributed by atoms with E-state index in [-0.39, 0.29) is 11.4 Å². The monoisotopic (exact) mass is 273 g/mol. The van der Waals surface area contributed by atoms with Crippen molar-refractivity contribution in [2.24, 2.45) is 0 Å². The molecule has 0 bridgehead atoms. The van der Waals surface area contributed by atoms with Crippen molar-refractivity contribution in [1.82, 2.24) is 9.97 Å². The molecule has 0 radical (unpaired) electrons. The third-order valence-corrected chi connectivity index (χ3v) is 2.90. The Bertz CT molecular complexity index is 862. The molecule has 3 nitrogen and oxygen atoms in total. The van der Waals surface area contributed by atoms with Gasteiger partial charge in [0.15, 0.2) is 17.5 Å². The second-order valence-corrected chi connectivity index (χ2v) is 4.15. The fourth-order valence-electron chi connectivity index (χ4n) is 1.92. The minimum atomic E-state index is -1.54. The molecule has 0 aliphatic heterocycles. The average Bonchev–Trinajstić information content (AvgIpc) is 2.87. The lowest BCUT2D eigenvalue weighted by Gasteiger charge is -2.00. The lowest BCUT2D eigenvalue weighted by atomic mass is 10.2. The molecule has 6 heteroatoms. The fourth-order valence-corrected chi connectivity index (χ4v) is 1.92. The fraction of sp³-hybridized carbons (Fsp3) is 0. The molecule has 1 aromatic heterocycles. The Labute approximate surface area is 111 Å². The Kier molecular flexibility index (Phi) is 2.68. The lowest BCUT2D eigenvalue weighted by Crippen LogP contribution is -1.94. The molecule has 2 aromatic carbocycles. The number of aromatic amines is 1. The highest BCUT2D eigenvalue weighted by molar-refractivity contribution is 5.80. The van der Waals surface area contributed by atoms with Gasteiger partial charge in [0, 0.05) is 0 Å². The van der Waals surface area contributed by atoms with Crippen molar-refractivity contribution in [3.05, 3.63) is 53.3 Å². The number of fused-ring (bicyclic) bond motifs is 1. The Balaban J connectivity index is 2.20. The van der Waals surface area contributed by atoms with Gasteiger partial charge in [-0.05, 0) is 30.3 Å². The molecule has 1 heterocycles. The van der Waals surface area contributed by atoms with Crippen LogP contribution < -0.4 is 0 Å². The topological polar surface area (TPSA) is 52.5 Å². The van der Waals surface area contributed by atoms with Crippen molar-refractivity contribution < 1.29 is 13.2 Å². The van der Waals surface area contributed by atoms with E-state index in [0.717, 1.165) is 12.1 Å². The molecule has 0 unspecified atom stereocenters. The number of halogens is 3. The summed E-state index contributed by atoms with van der Waals surface area (Å²) in [5, 5.41) is 8.80. The van der Waals surface area contributed by atoms with Gasteiger partial charge in [-0.1, -0.05) is 0 Å². The highest BCUT2D eigenvalue weighted by Gasteiger charge is 2.17. The lowest BCUT2D eigenvalue weighted by molar-refractivity contribution is 0.448. The maximum atomic E-state index is 13.7. The number of H-pyrrole nitrogens is 1. The first-order valence-corrected chi connectivity index (χ1v) is 5.64. The smallest absolute Gasteiger partial charge is 0.195 e. The molecule has 3 rings (SSSR count). The zero-order valence-electron chi connectivity index (χ0n) is 9.92. The second-order valence-electron chi connectivity index (χ2n) is 4.15. The molecule has 98 valence electrons. The number of hydrogen-bond donors (Lipinski definition) is 1. The van der Waals surface area contributed by atoms with Gasteiger partial charge in [-0.2, -0.15) is 5.26 Å². The van der Waals surface area contributed by atoms with E-state index in [0.29, 0.717) is 16.6 Å². The van der Waals surface area contributed by atoms with Crippen LogP contribution in [-0.4, -0.2) is 9.97 Å². The number of nitriles is 1. The van der Waals surface area contributed by atoms with Crippen molar-refractivity contribution in [3.8, 4) is 17.5 Å². The maximum absolute atomic E-state index is 13.7. The van der Waals surface area contributed by atoms with Crippen LogP contribution in [0.2, 0.25) is 0 Å². The van der Waals surface area contributed by atoms with Gasteiger partial charge in [0.2, 0.25) is 0 Å². The van der Waals surface area contributed by atoms with Crippen LogP contribution in [0.5, 0.6) is 0 Å². The quantitative estimate of drug-likeness (QED) is 0.690. The van der Waals surface area contributed by atoms with Gasteiger partial charge < -0.3 is 4.98 Å². The first kappa shape index (κ1) is 12.2. The molecule has 0 saturated heterocycles. The molecule has 3 aromatic rings. The molecular weight excluding hydrogens is 267 g/mol. The van der Waals surface area contributed by atoms with E-state index in [4.69, 9.17) is 5.26 Å². The third-order valence-electron chi connectivity index (χ3n) is 2.90. The molecule has 0 aliphatic carbocycles. The second kappa shape index (κ2) is 4.38. The van der Waals surface area contributed by atoms with Crippen molar-refractivity contribution >= 4 is 11.0 Å². The van der Waals surface area contributed by atoms with Crippen molar-refractivity contribution in [1.29, 1.82) is 5.26 Å². The molecule has 1 N–H and O–H groups in total. The zero-order valence-corrected chi connectivity index (χ0v) is 9.92. The van der Waals surface area contributed by atoms with Gasteiger partial charge in [-0.3, -0.25) is 0 Å². The van der Waals surface area contributed by atoms with Crippen LogP contribution in [0, 0.1) is 28.8 Å². The number of benzene rings is 2. The van der Waals surface area contributed by atoms with Crippen molar-refractivity contribution in [3.63, 3.8) is 0 Å². The standard InChI is InChI=1S/C14H6F3N3/c15-9-3-2-8(12(16)13(9)17)14-19-10-4-1-7(6-18)5-11(10)20-14/h1-5H,(H,19,20). The van der Waals surface area contributed by atoms with Crippen LogP contribution >= 0.6 is 0 Å². The number of aromatic nitrogens is 2. The van der Waals surface area contributed by atoms with Crippen molar-refractivity contribution in [2.75, 3.05) is 0 Å². The van der Waals surface area contributed by atoms with Gasteiger partial charge in [-0.15, -0.1) is 0 Å². The van der Waals surface area contributed by atoms with E-state index < -0.39 is 17.5 Å². The van der Waals surface area contributed by atoms with Gasteiger partial charge in [0.05, 0.1) is 28.2 Å². The first-order valence-electron chi connectivity index (χ1n) is 5.64. The number of nitrogens with zero attached hydrogens (tertiary/aromatic N) is 2. The molecule has 0 aliphatic rings. The summed E-state index contributed by atoms with van der Waals surface area (Å²) in [4.78, 5) is 6.88. The van der Waals surface area contributed by atoms with Gasteiger partial charge in [-0.25, -0.2) is 18.2 Å². The van der Waals surface area contributed by atoms with Crippen LogP contribution in [0.3, 0.4) is 0 Å². The van der Waals surface area contributed by atoms with E-state index in [9.17, 15) is 13.2 Å². The molecular formula is C14H6F3N3. The number of imidazole rings is 1. The average molecular weight is 273 g/mol. The van der Waals surface area contributed by atoms with E-state index in [1.807, 2.05) is 6.07 Å². The van der Waals surface area contributed by atoms with E-state index in [2.05, 4.69) is 9.97 Å². The van der Waals surface area contributed by atoms with Crippen LogP contribution in [0.4, 0.5) is 13.2 Å². The summed E-state index contributed by atoms with van der Waals surface area (Å²) in [5.41, 5.74) is 1.27. The van der Waals surface area contributed by atoms with Crippen LogP contribution in [-0.2, 0) is 0 Å². The number of nitrogens with one attached hydrogen (secondary N) is 1. The molecule has 0 spiro atoms. The summed E-state index contributed by atoms with van der Waals surface area (Å²) in [6.45, 7) is 0. The minimum Gasteiger partial charge on any atom is -0.338 e. The van der Waals surface area contributed by atoms with Crippen LogP contribution in [0.1, 0.15) is 5.56 Å². The van der Waals surface area contributed by atoms with Crippen LogP contribution in [0.25, 0.3) is 22.4 Å². The molecule has 0 saturated carbocycles. The third kappa shape index (κ3) is 1.80. The molecule has 20 heavy (non-hydrogen) atoms. The zero-order chi connectivity index (χ0) is 14.3. The molecule has 0 fully saturated rings. The van der Waals surface area contributed by atoms with E-state index in [1.54, 1.807) is 18.2 Å². The predicted molar refractivity (Wildman–Crippen MR) is 66.1 cm³/mol. The summed E-state index contributed by atoms with van der Waals surface area (Å²) in [5.74, 6) is -4.02. The number of rotatable bonds is 1. The molecule has 0 atom stereocenters. The summed E-state index contributed by atoms with van der Waals surface area (Å²) in [7, 11) is 0.